The van der Waals surface area contributed by atoms with Crippen molar-refractivity contribution in [1.82, 2.24) is 19.9 Å². The summed E-state index contributed by atoms with van der Waals surface area (Å²) in [5.74, 6) is 1.90. The number of furan rings is 1. The van der Waals surface area contributed by atoms with Crippen LogP contribution in [0.4, 0.5) is 0 Å². The Morgan fingerprint density at radius 3 is 1.54 bits per heavy atom. The number of rotatable bonds is 6. The van der Waals surface area contributed by atoms with E-state index in [0.29, 0.717) is 17.5 Å². The van der Waals surface area contributed by atoms with E-state index in [9.17, 15) is 0 Å². The summed E-state index contributed by atoms with van der Waals surface area (Å²) >= 11 is 0. The van der Waals surface area contributed by atoms with Crippen molar-refractivity contribution in [3.63, 3.8) is 0 Å². The molecule has 5 heteroatoms. The van der Waals surface area contributed by atoms with E-state index in [1.807, 2.05) is 72.8 Å². The molecule has 0 aliphatic heterocycles. The Bertz CT molecular complexity index is 3580. The summed E-state index contributed by atoms with van der Waals surface area (Å²) in [4.78, 5) is 20.4. The molecular weight excluding hydrogens is 745 g/mol. The predicted molar refractivity (Wildman–Crippen MR) is 250 cm³/mol. The standard InChI is InChI=1S/C56H34N4O/c1-4-17-35(18-5-1)53-46-34-49-52(45-26-11-13-32-48(45)61-49)50(51(46)44-25-10-12-31-47(44)57-53)39-24-14-23-38(33-39)40-27-15-29-42-41(40)28-16-30-43(42)56-59-54(36-19-6-2-7-20-36)58-55(60-56)37-21-8-3-9-22-37/h1-34H. The summed E-state index contributed by atoms with van der Waals surface area (Å²) in [6.07, 6.45) is 0. The second kappa shape index (κ2) is 14.2. The quantitative estimate of drug-likeness (QED) is 0.157. The van der Waals surface area contributed by atoms with Crippen LogP contribution in [0.15, 0.2) is 211 Å². The Labute approximate surface area is 351 Å². The first-order valence-corrected chi connectivity index (χ1v) is 20.5. The van der Waals surface area contributed by atoms with Crippen molar-refractivity contribution in [1.29, 1.82) is 0 Å². The highest BCUT2D eigenvalue weighted by molar-refractivity contribution is 6.28. The predicted octanol–water partition coefficient (Wildman–Crippen LogP) is 14.6. The number of benzene rings is 9. The fraction of sp³-hybridized carbons (Fsp3) is 0. The molecule has 284 valence electrons. The molecule has 0 saturated carbocycles. The third-order valence-electron chi connectivity index (χ3n) is 11.7. The lowest BCUT2D eigenvalue weighted by atomic mass is 9.88. The highest BCUT2D eigenvalue weighted by Crippen LogP contribution is 2.47. The molecule has 0 atom stereocenters. The number of nitrogens with zero attached hydrogens (tertiary/aromatic N) is 4. The second-order valence-corrected chi connectivity index (χ2v) is 15.3. The maximum absolute atomic E-state index is 6.68. The van der Waals surface area contributed by atoms with Gasteiger partial charge in [0.1, 0.15) is 11.2 Å². The lowest BCUT2D eigenvalue weighted by Crippen LogP contribution is -2.00. The van der Waals surface area contributed by atoms with Gasteiger partial charge in [0.25, 0.3) is 0 Å². The number of pyridine rings is 1. The Balaban J connectivity index is 1.09. The highest BCUT2D eigenvalue weighted by Gasteiger charge is 2.22. The number of fused-ring (bicyclic) bond motifs is 7. The van der Waals surface area contributed by atoms with Crippen LogP contribution >= 0.6 is 0 Å². The van der Waals surface area contributed by atoms with Gasteiger partial charge in [-0.15, -0.1) is 0 Å². The molecule has 0 radical (unpaired) electrons. The van der Waals surface area contributed by atoms with Crippen LogP contribution in [-0.2, 0) is 0 Å². The Morgan fingerprint density at radius 2 is 0.820 bits per heavy atom. The zero-order chi connectivity index (χ0) is 40.3. The monoisotopic (exact) mass is 778 g/mol. The molecule has 0 amide bonds. The lowest BCUT2D eigenvalue weighted by Gasteiger charge is -2.17. The van der Waals surface area contributed by atoms with E-state index in [2.05, 4.69) is 133 Å². The summed E-state index contributed by atoms with van der Waals surface area (Å²) in [5, 5.41) is 7.65. The lowest BCUT2D eigenvalue weighted by molar-refractivity contribution is 0.669. The molecule has 0 aliphatic carbocycles. The molecule has 0 N–H and O–H groups in total. The van der Waals surface area contributed by atoms with Crippen molar-refractivity contribution in [2.75, 3.05) is 0 Å². The summed E-state index contributed by atoms with van der Waals surface area (Å²) in [6.45, 7) is 0. The fourth-order valence-electron chi connectivity index (χ4n) is 8.95. The van der Waals surface area contributed by atoms with Gasteiger partial charge >= 0.3 is 0 Å². The third-order valence-corrected chi connectivity index (χ3v) is 11.7. The number of aromatic nitrogens is 4. The van der Waals surface area contributed by atoms with Crippen LogP contribution in [0.1, 0.15) is 0 Å². The molecule has 0 bridgehead atoms. The van der Waals surface area contributed by atoms with E-state index in [-0.39, 0.29) is 0 Å². The minimum absolute atomic E-state index is 0.629. The van der Waals surface area contributed by atoms with E-state index < -0.39 is 0 Å². The van der Waals surface area contributed by atoms with Gasteiger partial charge in [0.05, 0.1) is 11.2 Å². The molecule has 0 saturated heterocycles. The smallest absolute Gasteiger partial charge is 0.164 e. The summed E-state index contributed by atoms with van der Waals surface area (Å²) in [7, 11) is 0. The zero-order valence-electron chi connectivity index (χ0n) is 32.8. The molecule has 3 heterocycles. The van der Waals surface area contributed by atoms with Crippen molar-refractivity contribution in [2.45, 2.75) is 0 Å². The molecule has 12 rings (SSSR count). The van der Waals surface area contributed by atoms with Gasteiger partial charge in [0.15, 0.2) is 17.5 Å². The molecule has 3 aromatic heterocycles. The minimum Gasteiger partial charge on any atom is -0.456 e. The maximum atomic E-state index is 6.68. The molecule has 0 unspecified atom stereocenters. The van der Waals surface area contributed by atoms with Gasteiger partial charge < -0.3 is 4.42 Å². The number of para-hydroxylation sites is 2. The van der Waals surface area contributed by atoms with Crippen molar-refractivity contribution in [3.05, 3.63) is 206 Å². The van der Waals surface area contributed by atoms with Crippen molar-refractivity contribution < 1.29 is 4.42 Å². The maximum Gasteiger partial charge on any atom is 0.164 e. The van der Waals surface area contributed by atoms with Gasteiger partial charge in [-0.2, -0.15) is 0 Å². The average molecular weight is 779 g/mol. The van der Waals surface area contributed by atoms with Crippen LogP contribution in [0.2, 0.25) is 0 Å². The van der Waals surface area contributed by atoms with Crippen molar-refractivity contribution in [2.24, 2.45) is 0 Å². The van der Waals surface area contributed by atoms with Crippen LogP contribution in [0.25, 0.3) is 122 Å². The van der Waals surface area contributed by atoms with Crippen molar-refractivity contribution >= 4 is 54.4 Å². The summed E-state index contributed by atoms with van der Waals surface area (Å²) in [6, 6.07) is 71.6. The molecule has 0 spiro atoms. The number of hydrogen-bond donors (Lipinski definition) is 0. The largest absolute Gasteiger partial charge is 0.456 e. The van der Waals surface area contributed by atoms with Gasteiger partial charge in [0, 0.05) is 54.7 Å². The molecule has 61 heavy (non-hydrogen) atoms. The van der Waals surface area contributed by atoms with Gasteiger partial charge in [-0.3, -0.25) is 0 Å². The van der Waals surface area contributed by atoms with E-state index in [1.54, 1.807) is 0 Å². The summed E-state index contributed by atoms with van der Waals surface area (Å²) in [5.41, 5.74) is 11.9. The number of hydrogen-bond acceptors (Lipinski definition) is 5. The Morgan fingerprint density at radius 1 is 0.295 bits per heavy atom. The molecule has 5 nitrogen and oxygen atoms in total. The van der Waals surface area contributed by atoms with Crippen LogP contribution in [0.5, 0.6) is 0 Å². The molecule has 0 aliphatic rings. The first-order chi connectivity index (χ1) is 30.2. The van der Waals surface area contributed by atoms with E-state index in [1.165, 1.54) is 0 Å². The minimum atomic E-state index is 0.629. The van der Waals surface area contributed by atoms with E-state index in [4.69, 9.17) is 24.4 Å². The van der Waals surface area contributed by atoms with E-state index >= 15 is 0 Å². The molecule has 9 aromatic carbocycles. The highest BCUT2D eigenvalue weighted by atomic mass is 16.3. The Kier molecular flexibility index (Phi) is 8.10. The van der Waals surface area contributed by atoms with Crippen molar-refractivity contribution in [3.8, 4) is 67.7 Å². The fourth-order valence-corrected chi connectivity index (χ4v) is 8.95. The van der Waals surface area contributed by atoms with Crippen LogP contribution in [-0.4, -0.2) is 19.9 Å². The second-order valence-electron chi connectivity index (χ2n) is 15.3. The van der Waals surface area contributed by atoms with Gasteiger partial charge in [0.2, 0.25) is 0 Å². The molecule has 12 aromatic rings. The normalized spacial score (nSPS) is 11.6. The SMILES string of the molecule is c1ccc(-c2nc(-c3ccccc3)nc(-c3cccc4c(-c5cccc(-c6c7c(cc8c(-c9ccccc9)nc9ccccc9c68)oc6ccccc67)c5)cccc34)n2)cc1. The van der Waals surface area contributed by atoms with Gasteiger partial charge in [-0.1, -0.05) is 182 Å². The summed E-state index contributed by atoms with van der Waals surface area (Å²) < 4.78 is 6.68. The molecular formula is C56H34N4O. The zero-order valence-corrected chi connectivity index (χ0v) is 32.8. The van der Waals surface area contributed by atoms with Gasteiger partial charge in [-0.05, 0) is 51.7 Å². The third kappa shape index (κ3) is 5.86. The van der Waals surface area contributed by atoms with E-state index in [0.717, 1.165) is 105 Å². The van der Waals surface area contributed by atoms with Crippen LogP contribution in [0, 0.1) is 0 Å². The van der Waals surface area contributed by atoms with Gasteiger partial charge in [-0.25, -0.2) is 19.9 Å². The first-order valence-electron chi connectivity index (χ1n) is 20.5. The first kappa shape index (κ1) is 34.7. The van der Waals surface area contributed by atoms with Crippen LogP contribution < -0.4 is 0 Å². The Hall–Kier alpha value is -8.28. The molecule has 0 fully saturated rings. The average Bonchev–Trinajstić information content (AvgIpc) is 3.71. The van der Waals surface area contributed by atoms with Crippen LogP contribution in [0.3, 0.4) is 0 Å². The topological polar surface area (TPSA) is 64.7 Å².